The van der Waals surface area contributed by atoms with Crippen molar-refractivity contribution >= 4 is 11.9 Å². The molecule has 0 saturated carbocycles. The van der Waals surface area contributed by atoms with Crippen molar-refractivity contribution < 1.29 is 9.59 Å². The van der Waals surface area contributed by atoms with E-state index in [9.17, 15) is 9.59 Å². The lowest BCUT2D eigenvalue weighted by Gasteiger charge is -2.26. The molecular weight excluding hydrogens is 170 g/mol. The van der Waals surface area contributed by atoms with E-state index >= 15 is 0 Å². The molecule has 0 aromatic carbocycles. The summed E-state index contributed by atoms with van der Waals surface area (Å²) in [6, 6.07) is -0.284. The van der Waals surface area contributed by atoms with Crippen molar-refractivity contribution in [2.24, 2.45) is 0 Å². The van der Waals surface area contributed by atoms with Gasteiger partial charge in [-0.15, -0.1) is 6.42 Å². The first-order valence-corrected chi connectivity index (χ1v) is 3.97. The number of nitrogens with one attached hydrogen (secondary N) is 2. The van der Waals surface area contributed by atoms with Crippen molar-refractivity contribution in [1.29, 1.82) is 0 Å². The summed E-state index contributed by atoms with van der Waals surface area (Å²) in [5.74, 6) is 2.15. The van der Waals surface area contributed by atoms with E-state index in [1.165, 1.54) is 4.90 Å². The summed E-state index contributed by atoms with van der Waals surface area (Å²) in [5.41, 5.74) is 0. The Morgan fingerprint density at radius 1 is 1.77 bits per heavy atom. The molecule has 0 atom stereocenters. The highest BCUT2D eigenvalue weighted by atomic mass is 16.2. The molecule has 1 rings (SSSR count). The zero-order chi connectivity index (χ0) is 9.68. The number of amides is 3. The second-order valence-corrected chi connectivity index (χ2v) is 2.63. The van der Waals surface area contributed by atoms with E-state index in [0.29, 0.717) is 13.1 Å². The van der Waals surface area contributed by atoms with Crippen LogP contribution < -0.4 is 10.6 Å². The zero-order valence-electron chi connectivity index (χ0n) is 7.17. The lowest BCUT2D eigenvalue weighted by Crippen LogP contribution is -2.53. The summed E-state index contributed by atoms with van der Waals surface area (Å²) >= 11 is 0. The summed E-state index contributed by atoms with van der Waals surface area (Å²) in [4.78, 5) is 23.5. The highest BCUT2D eigenvalue weighted by molar-refractivity contribution is 5.85. The van der Waals surface area contributed by atoms with Crippen LogP contribution in [0.2, 0.25) is 0 Å². The number of urea groups is 1. The highest BCUT2D eigenvalue weighted by Gasteiger charge is 2.19. The van der Waals surface area contributed by atoms with Crippen LogP contribution in [-0.4, -0.2) is 43.0 Å². The maximum Gasteiger partial charge on any atom is 0.318 e. The molecule has 5 nitrogen and oxygen atoms in total. The second-order valence-electron chi connectivity index (χ2n) is 2.63. The lowest BCUT2D eigenvalue weighted by atomic mass is 10.4. The van der Waals surface area contributed by atoms with Gasteiger partial charge >= 0.3 is 6.03 Å². The van der Waals surface area contributed by atoms with Gasteiger partial charge < -0.3 is 15.5 Å². The van der Waals surface area contributed by atoms with E-state index in [0.717, 1.165) is 0 Å². The molecule has 0 aromatic heterocycles. The molecule has 0 bridgehead atoms. The van der Waals surface area contributed by atoms with Crippen molar-refractivity contribution in [2.45, 2.75) is 0 Å². The van der Waals surface area contributed by atoms with Gasteiger partial charge in [0.2, 0.25) is 5.91 Å². The summed E-state index contributed by atoms with van der Waals surface area (Å²) < 4.78 is 0. The van der Waals surface area contributed by atoms with Gasteiger partial charge in [0.15, 0.2) is 0 Å². The number of terminal acetylenes is 1. The van der Waals surface area contributed by atoms with Crippen LogP contribution in [0, 0.1) is 12.3 Å². The van der Waals surface area contributed by atoms with Crippen LogP contribution >= 0.6 is 0 Å². The number of hydrogen-bond acceptors (Lipinski definition) is 2. The number of rotatable bonds is 1. The van der Waals surface area contributed by atoms with Crippen LogP contribution in [0.25, 0.3) is 0 Å². The predicted molar refractivity (Wildman–Crippen MR) is 46.8 cm³/mol. The first-order valence-electron chi connectivity index (χ1n) is 3.97. The van der Waals surface area contributed by atoms with Crippen LogP contribution in [0.3, 0.4) is 0 Å². The predicted octanol–water partition coefficient (Wildman–Crippen LogP) is -1.24. The normalized spacial score (nSPS) is 15.9. The van der Waals surface area contributed by atoms with Crippen molar-refractivity contribution in [2.75, 3.05) is 26.2 Å². The van der Waals surface area contributed by atoms with Crippen molar-refractivity contribution in [3.8, 4) is 12.3 Å². The van der Waals surface area contributed by atoms with E-state index in [1.54, 1.807) is 0 Å². The number of hydrogen-bond donors (Lipinski definition) is 2. The van der Waals surface area contributed by atoms with Gasteiger partial charge in [-0.3, -0.25) is 4.79 Å². The molecule has 3 amide bonds. The molecule has 0 spiro atoms. The number of carbonyl (C=O) groups excluding carboxylic acids is 2. The first kappa shape index (κ1) is 9.39. The molecule has 1 heterocycles. The monoisotopic (exact) mass is 181 g/mol. The fourth-order valence-electron chi connectivity index (χ4n) is 1.05. The van der Waals surface area contributed by atoms with E-state index in [1.807, 2.05) is 0 Å². The van der Waals surface area contributed by atoms with E-state index in [-0.39, 0.29) is 25.0 Å². The average Bonchev–Trinajstić information content (AvgIpc) is 2.14. The molecule has 0 unspecified atom stereocenters. The highest BCUT2D eigenvalue weighted by Crippen LogP contribution is 1.93. The third-order valence-electron chi connectivity index (χ3n) is 1.67. The van der Waals surface area contributed by atoms with Crippen LogP contribution in [0.5, 0.6) is 0 Å². The topological polar surface area (TPSA) is 61.4 Å². The standard InChI is InChI=1S/C8H11N3O2/c1-2-3-10-8(13)11-5-4-9-7(12)6-11/h1H,3-6H2,(H,9,12)(H,10,13). The van der Waals surface area contributed by atoms with Crippen molar-refractivity contribution in [3.63, 3.8) is 0 Å². The van der Waals surface area contributed by atoms with Gasteiger partial charge in [-0.05, 0) is 0 Å². The van der Waals surface area contributed by atoms with Crippen LogP contribution in [0.4, 0.5) is 4.79 Å². The fourth-order valence-corrected chi connectivity index (χ4v) is 1.05. The Kier molecular flexibility index (Phi) is 3.15. The minimum atomic E-state index is -0.284. The molecule has 0 aliphatic carbocycles. The molecule has 2 N–H and O–H groups in total. The van der Waals surface area contributed by atoms with Crippen molar-refractivity contribution in [1.82, 2.24) is 15.5 Å². The largest absolute Gasteiger partial charge is 0.353 e. The molecule has 1 fully saturated rings. The molecule has 13 heavy (non-hydrogen) atoms. The third-order valence-corrected chi connectivity index (χ3v) is 1.67. The SMILES string of the molecule is C#CCNC(=O)N1CCNC(=O)C1. The molecular formula is C8H11N3O2. The maximum absolute atomic E-state index is 11.2. The molecule has 5 heteroatoms. The Bertz CT molecular complexity index is 257. The van der Waals surface area contributed by atoms with Gasteiger partial charge in [-0.25, -0.2) is 4.79 Å². The smallest absolute Gasteiger partial charge is 0.318 e. The minimum absolute atomic E-state index is 0.108. The minimum Gasteiger partial charge on any atom is -0.353 e. The van der Waals surface area contributed by atoms with Crippen LogP contribution in [-0.2, 0) is 4.79 Å². The average molecular weight is 181 g/mol. The number of nitrogens with zero attached hydrogens (tertiary/aromatic N) is 1. The Balaban J connectivity index is 2.38. The first-order chi connectivity index (χ1) is 6.24. The van der Waals surface area contributed by atoms with Gasteiger partial charge in [0.1, 0.15) is 6.54 Å². The maximum atomic E-state index is 11.2. The van der Waals surface area contributed by atoms with Gasteiger partial charge in [-0.1, -0.05) is 5.92 Å². The van der Waals surface area contributed by atoms with Crippen LogP contribution in [0.1, 0.15) is 0 Å². The molecule has 1 aliphatic rings. The fraction of sp³-hybridized carbons (Fsp3) is 0.500. The van der Waals surface area contributed by atoms with Gasteiger partial charge in [0, 0.05) is 13.1 Å². The second kappa shape index (κ2) is 4.36. The summed E-state index contributed by atoms with van der Waals surface area (Å²) in [5, 5.41) is 5.12. The number of carbonyl (C=O) groups is 2. The third kappa shape index (κ3) is 2.67. The summed E-state index contributed by atoms with van der Waals surface area (Å²) in [7, 11) is 0. The Hall–Kier alpha value is -1.70. The van der Waals surface area contributed by atoms with Crippen LogP contribution in [0.15, 0.2) is 0 Å². The molecule has 70 valence electrons. The molecule has 1 saturated heterocycles. The summed E-state index contributed by atoms with van der Waals surface area (Å²) in [6.45, 7) is 1.33. The van der Waals surface area contributed by atoms with Gasteiger partial charge in [-0.2, -0.15) is 0 Å². The molecule has 0 radical (unpaired) electrons. The summed E-state index contributed by atoms with van der Waals surface area (Å²) in [6.07, 6.45) is 4.97. The molecule has 1 aliphatic heterocycles. The Morgan fingerprint density at radius 2 is 2.54 bits per heavy atom. The Morgan fingerprint density at radius 3 is 3.15 bits per heavy atom. The zero-order valence-corrected chi connectivity index (χ0v) is 7.17. The quantitative estimate of drug-likeness (QED) is 0.497. The van der Waals surface area contributed by atoms with Gasteiger partial charge in [0.25, 0.3) is 0 Å². The van der Waals surface area contributed by atoms with E-state index in [2.05, 4.69) is 16.6 Å². The Labute approximate surface area is 76.5 Å². The molecule has 0 aromatic rings. The van der Waals surface area contributed by atoms with E-state index in [4.69, 9.17) is 6.42 Å². The lowest BCUT2D eigenvalue weighted by molar-refractivity contribution is -0.123. The number of piperazine rings is 1. The van der Waals surface area contributed by atoms with E-state index < -0.39 is 0 Å². The van der Waals surface area contributed by atoms with Gasteiger partial charge in [0.05, 0.1) is 6.54 Å². The van der Waals surface area contributed by atoms with Crippen molar-refractivity contribution in [3.05, 3.63) is 0 Å².